The Labute approximate surface area is 85.5 Å². The summed E-state index contributed by atoms with van der Waals surface area (Å²) in [6.07, 6.45) is 3.51. The number of nitrogens with zero attached hydrogens (tertiary/aromatic N) is 1. The van der Waals surface area contributed by atoms with E-state index in [4.69, 9.17) is 0 Å². The molecule has 68 valence electrons. The number of unbranched alkanes of at least 4 members (excludes halogenated alkanes) is 1. The van der Waals surface area contributed by atoms with Crippen molar-refractivity contribution in [3.8, 4) is 0 Å². The van der Waals surface area contributed by atoms with Gasteiger partial charge in [0, 0.05) is 7.05 Å². The third-order valence-corrected chi connectivity index (χ3v) is 3.48. The Morgan fingerprint density at radius 1 is 1.58 bits per heavy atom. The molecule has 0 saturated heterocycles. The maximum absolute atomic E-state index is 4.43. The molecule has 0 aliphatic rings. The molecule has 0 atom stereocenters. The van der Waals surface area contributed by atoms with Crippen LogP contribution in [0.5, 0.6) is 0 Å². The molecule has 4 heteroatoms. The summed E-state index contributed by atoms with van der Waals surface area (Å²) in [4.78, 5) is 4.43. The van der Waals surface area contributed by atoms with Crippen molar-refractivity contribution in [1.82, 2.24) is 4.98 Å². The molecule has 0 aliphatic heterocycles. The molecule has 2 nitrogen and oxygen atoms in total. The van der Waals surface area contributed by atoms with Crippen LogP contribution in [0.3, 0.4) is 0 Å². The minimum absolute atomic E-state index is 0.993. The van der Waals surface area contributed by atoms with Crippen LogP contribution in [0.2, 0.25) is 0 Å². The van der Waals surface area contributed by atoms with Gasteiger partial charge in [-0.05, 0) is 28.8 Å². The van der Waals surface area contributed by atoms with Crippen LogP contribution < -0.4 is 5.32 Å². The van der Waals surface area contributed by atoms with E-state index in [2.05, 4.69) is 33.2 Å². The summed E-state index contributed by atoms with van der Waals surface area (Å²) in [6, 6.07) is 0. The molecule has 0 spiro atoms. The van der Waals surface area contributed by atoms with Gasteiger partial charge in [0.2, 0.25) is 0 Å². The highest BCUT2D eigenvalue weighted by Crippen LogP contribution is 2.28. The Morgan fingerprint density at radius 3 is 2.83 bits per heavy atom. The van der Waals surface area contributed by atoms with Crippen molar-refractivity contribution in [3.63, 3.8) is 0 Å². The minimum atomic E-state index is 0.993. The molecule has 12 heavy (non-hydrogen) atoms. The predicted molar refractivity (Wildman–Crippen MR) is 58.0 cm³/mol. The lowest BCUT2D eigenvalue weighted by molar-refractivity contribution is 0.779. The summed E-state index contributed by atoms with van der Waals surface area (Å²) in [5.74, 6) is 0. The third-order valence-electron chi connectivity index (χ3n) is 1.63. The van der Waals surface area contributed by atoms with E-state index in [0.717, 1.165) is 11.6 Å². The van der Waals surface area contributed by atoms with Crippen LogP contribution in [-0.2, 0) is 6.42 Å². The lowest BCUT2D eigenvalue weighted by Gasteiger charge is -1.93. The fourth-order valence-corrected chi connectivity index (χ4v) is 2.38. The molecule has 0 aromatic carbocycles. The molecule has 1 heterocycles. The van der Waals surface area contributed by atoms with Gasteiger partial charge in [-0.2, -0.15) is 0 Å². The van der Waals surface area contributed by atoms with Crippen molar-refractivity contribution in [2.45, 2.75) is 26.2 Å². The molecule has 1 aromatic rings. The van der Waals surface area contributed by atoms with E-state index >= 15 is 0 Å². The molecular formula is C8H13BrN2S. The summed E-state index contributed by atoms with van der Waals surface area (Å²) < 4.78 is 1.17. The van der Waals surface area contributed by atoms with E-state index in [-0.39, 0.29) is 0 Å². The van der Waals surface area contributed by atoms with Gasteiger partial charge in [0.15, 0.2) is 5.13 Å². The van der Waals surface area contributed by atoms with Crippen LogP contribution in [0, 0.1) is 0 Å². The predicted octanol–water partition coefficient (Wildman–Crippen LogP) is 3.29. The molecule has 0 amide bonds. The van der Waals surface area contributed by atoms with E-state index in [9.17, 15) is 0 Å². The van der Waals surface area contributed by atoms with Crippen LogP contribution in [0.1, 0.15) is 25.5 Å². The number of rotatable bonds is 4. The van der Waals surface area contributed by atoms with E-state index in [1.807, 2.05) is 7.05 Å². The molecule has 0 bridgehead atoms. The van der Waals surface area contributed by atoms with E-state index in [1.54, 1.807) is 11.3 Å². The van der Waals surface area contributed by atoms with Crippen LogP contribution >= 0.6 is 27.3 Å². The highest BCUT2D eigenvalue weighted by molar-refractivity contribution is 9.11. The second kappa shape index (κ2) is 4.82. The lowest BCUT2D eigenvalue weighted by atomic mass is 10.2. The summed E-state index contributed by atoms with van der Waals surface area (Å²) in [7, 11) is 1.90. The molecule has 0 radical (unpaired) electrons. The van der Waals surface area contributed by atoms with Crippen molar-refractivity contribution in [1.29, 1.82) is 0 Å². The van der Waals surface area contributed by atoms with Crippen molar-refractivity contribution in [2.75, 3.05) is 12.4 Å². The van der Waals surface area contributed by atoms with E-state index in [0.29, 0.717) is 0 Å². The normalized spacial score (nSPS) is 10.2. The van der Waals surface area contributed by atoms with Gasteiger partial charge >= 0.3 is 0 Å². The van der Waals surface area contributed by atoms with Gasteiger partial charge in [-0.15, -0.1) is 0 Å². The Bertz CT molecular complexity index is 247. The molecule has 0 unspecified atom stereocenters. The smallest absolute Gasteiger partial charge is 0.183 e. The van der Waals surface area contributed by atoms with Crippen molar-refractivity contribution >= 4 is 32.4 Å². The monoisotopic (exact) mass is 248 g/mol. The standard InChI is InChI=1S/C8H13BrN2S/c1-3-4-5-6-7(9)12-8(10-2)11-6/h3-5H2,1-2H3,(H,10,11). The Kier molecular flexibility index (Phi) is 4.01. The first-order valence-electron chi connectivity index (χ1n) is 4.11. The number of halogens is 1. The first kappa shape index (κ1) is 9.99. The maximum Gasteiger partial charge on any atom is 0.183 e. The zero-order valence-electron chi connectivity index (χ0n) is 7.35. The van der Waals surface area contributed by atoms with Crippen LogP contribution in [-0.4, -0.2) is 12.0 Å². The van der Waals surface area contributed by atoms with Crippen LogP contribution in [0.25, 0.3) is 0 Å². The molecule has 0 fully saturated rings. The maximum atomic E-state index is 4.43. The number of aryl methyl sites for hydroxylation is 1. The Hall–Kier alpha value is -0.0900. The number of hydrogen-bond donors (Lipinski definition) is 1. The van der Waals surface area contributed by atoms with Gasteiger partial charge in [-0.3, -0.25) is 0 Å². The number of hydrogen-bond acceptors (Lipinski definition) is 3. The fraction of sp³-hybridized carbons (Fsp3) is 0.625. The van der Waals surface area contributed by atoms with Gasteiger partial charge in [0.1, 0.15) is 0 Å². The number of anilines is 1. The van der Waals surface area contributed by atoms with E-state index in [1.165, 1.54) is 22.3 Å². The lowest BCUT2D eigenvalue weighted by Crippen LogP contribution is -1.89. The van der Waals surface area contributed by atoms with Crippen LogP contribution in [0.4, 0.5) is 5.13 Å². The van der Waals surface area contributed by atoms with Gasteiger partial charge < -0.3 is 5.32 Å². The number of thiazole rings is 1. The highest BCUT2D eigenvalue weighted by Gasteiger charge is 2.06. The van der Waals surface area contributed by atoms with Crippen molar-refractivity contribution < 1.29 is 0 Å². The van der Waals surface area contributed by atoms with Crippen molar-refractivity contribution in [3.05, 3.63) is 9.48 Å². The Balaban J connectivity index is 2.64. The van der Waals surface area contributed by atoms with Gasteiger partial charge in [0.05, 0.1) is 9.48 Å². The summed E-state index contributed by atoms with van der Waals surface area (Å²) in [6.45, 7) is 2.19. The zero-order chi connectivity index (χ0) is 8.97. The largest absolute Gasteiger partial charge is 0.365 e. The number of aromatic nitrogens is 1. The highest BCUT2D eigenvalue weighted by atomic mass is 79.9. The SMILES string of the molecule is CCCCc1nc(NC)sc1Br. The third kappa shape index (κ3) is 2.45. The molecule has 1 rings (SSSR count). The zero-order valence-corrected chi connectivity index (χ0v) is 9.76. The first-order valence-corrected chi connectivity index (χ1v) is 5.71. The van der Waals surface area contributed by atoms with E-state index < -0.39 is 0 Å². The molecule has 1 N–H and O–H groups in total. The quantitative estimate of drug-likeness (QED) is 0.885. The first-order chi connectivity index (χ1) is 5.77. The summed E-state index contributed by atoms with van der Waals surface area (Å²) in [5.41, 5.74) is 1.19. The van der Waals surface area contributed by atoms with Crippen molar-refractivity contribution in [2.24, 2.45) is 0 Å². The number of nitrogens with one attached hydrogen (secondary N) is 1. The fourth-order valence-electron chi connectivity index (χ4n) is 0.938. The molecule has 1 aromatic heterocycles. The Morgan fingerprint density at radius 2 is 2.33 bits per heavy atom. The average Bonchev–Trinajstić information content (AvgIpc) is 2.43. The van der Waals surface area contributed by atoms with Gasteiger partial charge in [0.25, 0.3) is 0 Å². The topological polar surface area (TPSA) is 24.9 Å². The molecule has 0 saturated carbocycles. The van der Waals surface area contributed by atoms with Crippen LogP contribution in [0.15, 0.2) is 3.79 Å². The molecule has 0 aliphatic carbocycles. The molecular weight excluding hydrogens is 236 g/mol. The summed E-state index contributed by atoms with van der Waals surface area (Å²) >= 11 is 5.16. The average molecular weight is 249 g/mol. The second-order valence-electron chi connectivity index (χ2n) is 2.59. The second-order valence-corrected chi connectivity index (χ2v) is 4.91. The minimum Gasteiger partial charge on any atom is -0.365 e. The van der Waals surface area contributed by atoms with Gasteiger partial charge in [-0.1, -0.05) is 24.7 Å². The van der Waals surface area contributed by atoms with Gasteiger partial charge in [-0.25, -0.2) is 4.98 Å². The summed E-state index contributed by atoms with van der Waals surface area (Å²) in [5, 5.41) is 4.04.